The number of hydrogen-bond donors (Lipinski definition) is 0. The Bertz CT molecular complexity index is 134. The summed E-state index contributed by atoms with van der Waals surface area (Å²) in [4.78, 5) is 51.3. The zero-order valence-corrected chi connectivity index (χ0v) is 12.4. The quantitative estimate of drug-likeness (QED) is 0.313. The summed E-state index contributed by atoms with van der Waals surface area (Å²) >= 11 is 0. The van der Waals surface area contributed by atoms with Crippen LogP contribution < -0.4 is 48.2 Å². The van der Waals surface area contributed by atoms with Gasteiger partial charge in [0.25, 0.3) is 0 Å². The molecule has 0 atom stereocenters. The summed E-state index contributed by atoms with van der Waals surface area (Å²) in [7, 11) is -10.8. The Morgan fingerprint density at radius 1 is 0.692 bits per heavy atom. The van der Waals surface area contributed by atoms with Gasteiger partial charge in [0.2, 0.25) is 0 Å². The molecule has 0 aromatic heterocycles. The van der Waals surface area contributed by atoms with Gasteiger partial charge in [0.05, 0.1) is 0 Å². The number of phosphoric acid groups is 2. The van der Waals surface area contributed by atoms with Gasteiger partial charge in [0.1, 0.15) is 0 Å². The normalized spacial score (nSPS) is 9.08. The van der Waals surface area contributed by atoms with Gasteiger partial charge in [-0.05, 0) is 0 Å². The van der Waals surface area contributed by atoms with Crippen molar-refractivity contribution in [2.24, 2.45) is 0 Å². The molecule has 0 unspecified atom stereocenters. The van der Waals surface area contributed by atoms with Crippen LogP contribution in [0.1, 0.15) is 0 Å². The standard InChI is InChI=1S/Al.GeH2.Li.2H3O4P/c;;;2*1-5(2,3)4/h;1H2;;2*(H3,1,2,3,4)/q+3;+2;+1;;/p-6. The molecule has 68 valence electrons. The Morgan fingerprint density at radius 2 is 0.692 bits per heavy atom. The molecule has 0 heterocycles. The molecule has 0 fully saturated rings. The van der Waals surface area contributed by atoms with E-state index in [1.54, 1.807) is 0 Å². The van der Waals surface area contributed by atoms with Gasteiger partial charge in [0, 0.05) is 0 Å². The summed E-state index contributed by atoms with van der Waals surface area (Å²) in [5, 5.41) is 0. The average molecular weight is 298 g/mol. The van der Waals surface area contributed by atoms with E-state index in [1.807, 2.05) is 0 Å². The van der Waals surface area contributed by atoms with E-state index < -0.39 is 15.6 Å². The van der Waals surface area contributed by atoms with Crippen LogP contribution >= 0.6 is 15.6 Å². The summed E-state index contributed by atoms with van der Waals surface area (Å²) in [6.45, 7) is 0. The predicted octanol–water partition coefficient (Wildman–Crippen LogP) is -9.94. The predicted molar refractivity (Wildman–Crippen MR) is 29.5 cm³/mol. The molecule has 0 radical (unpaired) electrons. The van der Waals surface area contributed by atoms with Crippen molar-refractivity contribution in [3.63, 3.8) is 0 Å². The van der Waals surface area contributed by atoms with E-state index in [0.29, 0.717) is 0 Å². The van der Waals surface area contributed by atoms with Crippen molar-refractivity contribution in [1.29, 1.82) is 0 Å². The van der Waals surface area contributed by atoms with Crippen LogP contribution in [0.2, 0.25) is 0 Å². The summed E-state index contributed by atoms with van der Waals surface area (Å²) in [6.07, 6.45) is 0. The van der Waals surface area contributed by atoms with Crippen LogP contribution in [0.4, 0.5) is 0 Å². The molecule has 0 aliphatic heterocycles. The molecule has 0 saturated carbocycles. The van der Waals surface area contributed by atoms with Gasteiger partial charge >= 0.3 is 53.8 Å². The van der Waals surface area contributed by atoms with Gasteiger partial charge < -0.3 is 38.5 Å². The molecular formula is H2AlGeLiO8P2. The van der Waals surface area contributed by atoms with E-state index in [4.69, 9.17) is 38.5 Å². The molecule has 0 rings (SSSR count). The molecule has 8 nitrogen and oxygen atoms in total. The molecule has 0 aliphatic rings. The van der Waals surface area contributed by atoms with Gasteiger partial charge in [-0.2, -0.15) is 15.6 Å². The third-order valence-corrected chi connectivity index (χ3v) is 0. The largest absolute Gasteiger partial charge is 1.00 e. The van der Waals surface area contributed by atoms with Crippen molar-refractivity contribution in [3.8, 4) is 0 Å². The summed E-state index contributed by atoms with van der Waals surface area (Å²) < 4.78 is 17.1. The van der Waals surface area contributed by atoms with Crippen LogP contribution in [0.25, 0.3) is 0 Å². The van der Waals surface area contributed by atoms with E-state index >= 15 is 0 Å². The van der Waals surface area contributed by atoms with Crippen LogP contribution in [-0.4, -0.2) is 35.0 Å². The summed E-state index contributed by atoms with van der Waals surface area (Å²) in [5.74, 6) is 0. The Kier molecular flexibility index (Phi) is 27.0. The molecule has 0 bridgehead atoms. The second-order valence-corrected chi connectivity index (χ2v) is 2.68. The SMILES string of the molecule is O=P([O-])([O-])[O-].O=P([O-])([O-])[O-].[Al+3].[GeH2+2].[Li+]. The Labute approximate surface area is 108 Å². The van der Waals surface area contributed by atoms with Crippen molar-refractivity contribution in [3.05, 3.63) is 0 Å². The van der Waals surface area contributed by atoms with E-state index in [0.717, 1.165) is 0 Å². The van der Waals surface area contributed by atoms with Gasteiger partial charge in [-0.15, -0.1) is 0 Å². The topological polar surface area (TPSA) is 172 Å². The molecule has 13 heteroatoms. The van der Waals surface area contributed by atoms with Gasteiger partial charge in [-0.25, -0.2) is 0 Å². The Morgan fingerprint density at radius 3 is 0.692 bits per heavy atom. The van der Waals surface area contributed by atoms with Crippen molar-refractivity contribution in [1.82, 2.24) is 0 Å². The van der Waals surface area contributed by atoms with E-state index in [1.165, 1.54) is 0 Å². The Balaban J connectivity index is -0.0000000267. The van der Waals surface area contributed by atoms with Gasteiger partial charge in [-0.3, -0.25) is 0 Å². The average Bonchev–Trinajstić information content (AvgIpc) is 1.12. The monoisotopic (exact) mass is 300 g/mol. The third-order valence-electron chi connectivity index (χ3n) is 0. The fourth-order valence-corrected chi connectivity index (χ4v) is 0. The molecule has 0 amide bonds. The van der Waals surface area contributed by atoms with Crippen LogP contribution in [0, 0.1) is 0 Å². The minimum absolute atomic E-state index is 0. The second kappa shape index (κ2) is 12.0. The van der Waals surface area contributed by atoms with Crippen LogP contribution in [-0.2, 0) is 9.13 Å². The first-order chi connectivity index (χ1) is 4.00. The van der Waals surface area contributed by atoms with E-state index in [2.05, 4.69) is 0 Å². The number of rotatable bonds is 0. The van der Waals surface area contributed by atoms with Crippen LogP contribution in [0.3, 0.4) is 0 Å². The molecule has 13 heavy (non-hydrogen) atoms. The zero-order chi connectivity index (χ0) is 9.00. The molecule has 0 aliphatic carbocycles. The molecule has 0 saturated heterocycles. The summed E-state index contributed by atoms with van der Waals surface area (Å²) in [6, 6.07) is 0. The minimum atomic E-state index is -5.39. The fraction of sp³-hybridized carbons (Fsp3) is 0. The number of hydrogen-bond acceptors (Lipinski definition) is 8. The molecule has 0 aromatic rings. The van der Waals surface area contributed by atoms with E-state index in [9.17, 15) is 0 Å². The maximum atomic E-state index is 8.55. The first-order valence-corrected chi connectivity index (χ1v) is 4.38. The van der Waals surface area contributed by atoms with Crippen molar-refractivity contribution in [2.75, 3.05) is 0 Å². The van der Waals surface area contributed by atoms with Crippen LogP contribution in [0.5, 0.6) is 0 Å². The van der Waals surface area contributed by atoms with Gasteiger partial charge in [-0.1, -0.05) is 0 Å². The Hall–Kier alpha value is 1.89. The van der Waals surface area contributed by atoms with Crippen molar-refractivity contribution < 1.29 is 57.4 Å². The molecular weight excluding hydrogens is 296 g/mol. The zero-order valence-electron chi connectivity index (χ0n) is 6.44. The minimum Gasteiger partial charge on any atom is 1.00 e. The molecule has 0 N–H and O–H groups in total. The van der Waals surface area contributed by atoms with Crippen molar-refractivity contribution >= 4 is 50.6 Å². The molecule has 0 spiro atoms. The maximum absolute atomic E-state index is 8.55. The van der Waals surface area contributed by atoms with Crippen LogP contribution in [0.15, 0.2) is 0 Å². The fourth-order valence-electron chi connectivity index (χ4n) is 0. The van der Waals surface area contributed by atoms with E-state index in [-0.39, 0.29) is 53.8 Å². The maximum Gasteiger partial charge on any atom is 1.00 e. The van der Waals surface area contributed by atoms with Crippen molar-refractivity contribution in [2.45, 2.75) is 0 Å². The molecule has 0 aromatic carbocycles. The van der Waals surface area contributed by atoms with Gasteiger partial charge in [0.15, 0.2) is 0 Å². The third kappa shape index (κ3) is 548. The smallest absolute Gasteiger partial charge is 1.00 e. The first kappa shape index (κ1) is 29.4. The summed E-state index contributed by atoms with van der Waals surface area (Å²) in [5.41, 5.74) is 0. The first-order valence-electron chi connectivity index (χ1n) is 1.46. The second-order valence-electron chi connectivity index (χ2n) is 0.894.